The van der Waals surface area contributed by atoms with Crippen LogP contribution in [0.5, 0.6) is 5.88 Å². The number of methoxy groups -OCH3 is 1. The summed E-state index contributed by atoms with van der Waals surface area (Å²) in [6, 6.07) is 27.0. The van der Waals surface area contributed by atoms with Gasteiger partial charge in [-0.2, -0.15) is 5.10 Å². The number of hydrogen-bond acceptors (Lipinski definition) is 4. The predicted molar refractivity (Wildman–Crippen MR) is 115 cm³/mol. The molecule has 29 heavy (non-hydrogen) atoms. The quantitative estimate of drug-likeness (QED) is 0.403. The number of pyridine rings is 1. The number of ether oxygens (including phenoxy) is 1. The second kappa shape index (κ2) is 8.35. The first-order valence-corrected chi connectivity index (χ1v) is 9.18. The highest BCUT2D eigenvalue weighted by Gasteiger charge is 2.20. The van der Waals surface area contributed by atoms with E-state index in [1.807, 2.05) is 84.9 Å². The number of aromatic nitrogens is 1. The Labute approximate surface area is 168 Å². The number of carbonyl (C=O) groups excluding carboxylic acids is 1. The maximum absolute atomic E-state index is 13.0. The van der Waals surface area contributed by atoms with Crippen molar-refractivity contribution in [2.45, 2.75) is 0 Å². The summed E-state index contributed by atoms with van der Waals surface area (Å²) in [4.78, 5) is 17.5. The van der Waals surface area contributed by atoms with Crippen LogP contribution in [0, 0.1) is 0 Å². The fourth-order valence-corrected chi connectivity index (χ4v) is 3.21. The number of nitrogens with zero attached hydrogens (tertiary/aromatic N) is 2. The number of rotatable bonds is 5. The zero-order chi connectivity index (χ0) is 20.1. The fraction of sp³-hybridized carbons (Fsp3) is 0.0417. The Morgan fingerprint density at radius 1 is 0.897 bits per heavy atom. The molecule has 142 valence electrons. The van der Waals surface area contributed by atoms with Gasteiger partial charge in [-0.3, -0.25) is 4.79 Å². The summed E-state index contributed by atoms with van der Waals surface area (Å²) in [5.41, 5.74) is 5.38. The summed E-state index contributed by atoms with van der Waals surface area (Å²) in [6.07, 6.45) is 1.60. The lowest BCUT2D eigenvalue weighted by molar-refractivity contribution is 0.0950. The molecule has 0 aliphatic heterocycles. The molecule has 0 radical (unpaired) electrons. The van der Waals surface area contributed by atoms with Gasteiger partial charge in [0.2, 0.25) is 5.88 Å². The third kappa shape index (κ3) is 3.84. The molecule has 0 spiro atoms. The molecule has 1 heterocycles. The molecule has 0 saturated carbocycles. The smallest absolute Gasteiger partial charge is 0.290 e. The zero-order valence-electron chi connectivity index (χ0n) is 15.9. The molecule has 5 nitrogen and oxygen atoms in total. The van der Waals surface area contributed by atoms with Gasteiger partial charge in [0.1, 0.15) is 5.69 Å². The van der Waals surface area contributed by atoms with Crippen LogP contribution < -0.4 is 10.2 Å². The molecule has 0 atom stereocenters. The second-order valence-electron chi connectivity index (χ2n) is 6.37. The summed E-state index contributed by atoms with van der Waals surface area (Å²) in [5, 5.41) is 5.82. The first-order valence-electron chi connectivity index (χ1n) is 9.18. The molecule has 0 aliphatic carbocycles. The molecule has 0 saturated heterocycles. The van der Waals surface area contributed by atoms with E-state index in [0.29, 0.717) is 5.88 Å². The number of carbonyl (C=O) groups is 1. The van der Waals surface area contributed by atoms with Crippen molar-refractivity contribution in [2.75, 3.05) is 7.11 Å². The largest absolute Gasteiger partial charge is 0.481 e. The summed E-state index contributed by atoms with van der Waals surface area (Å²) < 4.78 is 5.45. The molecule has 1 aromatic heterocycles. The van der Waals surface area contributed by atoms with E-state index in [1.54, 1.807) is 13.3 Å². The van der Waals surface area contributed by atoms with Gasteiger partial charge in [0, 0.05) is 10.9 Å². The number of hydrazone groups is 1. The molecule has 1 N–H and O–H groups in total. The standard InChI is InChI=1S/C24H19N3O2/c1-29-24-20-15-9-8-14-19(20)21(18-12-6-3-7-13-18)22(26-24)23(28)27-25-16-17-10-4-2-5-11-17/h2-16H,1H3,(H,27,28)/b25-16+. The van der Waals surface area contributed by atoms with E-state index in [0.717, 1.165) is 27.5 Å². The Balaban J connectivity index is 1.80. The highest BCUT2D eigenvalue weighted by molar-refractivity contribution is 6.09. The van der Waals surface area contributed by atoms with Crippen LogP contribution >= 0.6 is 0 Å². The molecule has 5 heteroatoms. The van der Waals surface area contributed by atoms with Crippen molar-refractivity contribution in [3.05, 3.63) is 96.2 Å². The third-order valence-electron chi connectivity index (χ3n) is 4.53. The normalized spacial score (nSPS) is 10.9. The molecular formula is C24H19N3O2. The van der Waals surface area contributed by atoms with Crippen LogP contribution in [0.15, 0.2) is 90.0 Å². The maximum atomic E-state index is 13.0. The lowest BCUT2D eigenvalue weighted by Gasteiger charge is -2.14. The molecule has 4 aromatic rings. The summed E-state index contributed by atoms with van der Waals surface area (Å²) in [5.74, 6) is -0.00226. The van der Waals surface area contributed by atoms with Gasteiger partial charge in [-0.05, 0) is 22.6 Å². The molecule has 3 aromatic carbocycles. The van der Waals surface area contributed by atoms with E-state index >= 15 is 0 Å². The lowest BCUT2D eigenvalue weighted by Crippen LogP contribution is -2.20. The number of nitrogens with one attached hydrogen (secondary N) is 1. The molecule has 4 rings (SSSR count). The van der Waals surface area contributed by atoms with Crippen molar-refractivity contribution >= 4 is 22.9 Å². The van der Waals surface area contributed by atoms with Crippen molar-refractivity contribution in [3.8, 4) is 17.0 Å². The Morgan fingerprint density at radius 2 is 1.52 bits per heavy atom. The van der Waals surface area contributed by atoms with Crippen LogP contribution in [0.25, 0.3) is 21.9 Å². The van der Waals surface area contributed by atoms with Gasteiger partial charge >= 0.3 is 0 Å². The number of fused-ring (bicyclic) bond motifs is 1. The highest BCUT2D eigenvalue weighted by atomic mass is 16.5. The van der Waals surface area contributed by atoms with E-state index < -0.39 is 5.91 Å². The highest BCUT2D eigenvalue weighted by Crippen LogP contribution is 2.35. The summed E-state index contributed by atoms with van der Waals surface area (Å²) >= 11 is 0. The van der Waals surface area contributed by atoms with E-state index in [4.69, 9.17) is 4.74 Å². The Kier molecular flexibility index (Phi) is 5.29. The topological polar surface area (TPSA) is 63.6 Å². The number of amides is 1. The lowest BCUT2D eigenvalue weighted by atomic mass is 9.97. The third-order valence-corrected chi connectivity index (χ3v) is 4.53. The zero-order valence-corrected chi connectivity index (χ0v) is 15.9. The molecule has 0 unspecified atom stereocenters. The van der Waals surface area contributed by atoms with Crippen LogP contribution in [0.1, 0.15) is 16.1 Å². The molecule has 0 fully saturated rings. The van der Waals surface area contributed by atoms with Crippen LogP contribution in [-0.4, -0.2) is 24.2 Å². The van der Waals surface area contributed by atoms with Gasteiger partial charge in [0.05, 0.1) is 13.3 Å². The van der Waals surface area contributed by atoms with Crippen molar-refractivity contribution in [3.63, 3.8) is 0 Å². The average Bonchev–Trinajstić information content (AvgIpc) is 2.79. The second-order valence-corrected chi connectivity index (χ2v) is 6.37. The van der Waals surface area contributed by atoms with Crippen molar-refractivity contribution in [1.29, 1.82) is 0 Å². The molecule has 0 bridgehead atoms. The number of benzene rings is 3. The minimum absolute atomic E-state index is 0.261. The van der Waals surface area contributed by atoms with E-state index in [9.17, 15) is 4.79 Å². The molecular weight excluding hydrogens is 362 g/mol. The Hall–Kier alpha value is -3.99. The van der Waals surface area contributed by atoms with Gasteiger partial charge in [-0.1, -0.05) is 78.9 Å². The predicted octanol–water partition coefficient (Wildman–Crippen LogP) is 4.67. The van der Waals surface area contributed by atoms with Gasteiger partial charge in [0.25, 0.3) is 5.91 Å². The monoisotopic (exact) mass is 381 g/mol. The minimum atomic E-state index is -0.403. The first-order chi connectivity index (χ1) is 14.3. The van der Waals surface area contributed by atoms with Crippen molar-refractivity contribution < 1.29 is 9.53 Å². The van der Waals surface area contributed by atoms with Crippen molar-refractivity contribution in [2.24, 2.45) is 5.10 Å². The van der Waals surface area contributed by atoms with Crippen LogP contribution in [0.4, 0.5) is 0 Å². The fourth-order valence-electron chi connectivity index (χ4n) is 3.21. The van der Waals surface area contributed by atoms with Crippen LogP contribution in [-0.2, 0) is 0 Å². The molecule has 1 amide bonds. The Bertz CT molecular complexity index is 1170. The van der Waals surface area contributed by atoms with Crippen LogP contribution in [0.3, 0.4) is 0 Å². The van der Waals surface area contributed by atoms with Gasteiger partial charge < -0.3 is 4.74 Å². The van der Waals surface area contributed by atoms with Gasteiger partial charge in [-0.25, -0.2) is 10.4 Å². The average molecular weight is 381 g/mol. The van der Waals surface area contributed by atoms with Gasteiger partial charge in [-0.15, -0.1) is 0 Å². The maximum Gasteiger partial charge on any atom is 0.290 e. The summed E-state index contributed by atoms with van der Waals surface area (Å²) in [7, 11) is 1.55. The summed E-state index contributed by atoms with van der Waals surface area (Å²) in [6.45, 7) is 0. The van der Waals surface area contributed by atoms with E-state index in [2.05, 4.69) is 15.5 Å². The Morgan fingerprint density at radius 3 is 2.21 bits per heavy atom. The van der Waals surface area contributed by atoms with Crippen LogP contribution in [0.2, 0.25) is 0 Å². The SMILES string of the molecule is COc1nc(C(=O)N/N=C/c2ccccc2)c(-c2ccccc2)c2ccccc12. The van der Waals surface area contributed by atoms with Crippen molar-refractivity contribution in [1.82, 2.24) is 10.4 Å². The minimum Gasteiger partial charge on any atom is -0.481 e. The van der Waals surface area contributed by atoms with E-state index in [1.165, 1.54) is 0 Å². The van der Waals surface area contributed by atoms with E-state index in [-0.39, 0.29) is 5.69 Å². The number of hydrogen-bond donors (Lipinski definition) is 1. The first kappa shape index (κ1) is 18.4. The molecule has 0 aliphatic rings. The van der Waals surface area contributed by atoms with Gasteiger partial charge in [0.15, 0.2) is 0 Å².